The van der Waals surface area contributed by atoms with Gasteiger partial charge in [0.1, 0.15) is 5.56 Å². The van der Waals surface area contributed by atoms with Crippen LogP contribution >= 0.6 is 0 Å². The molecule has 0 radical (unpaired) electrons. The van der Waals surface area contributed by atoms with Gasteiger partial charge < -0.3 is 20.5 Å². The van der Waals surface area contributed by atoms with Crippen LogP contribution in [0.5, 0.6) is 0 Å². The number of aryl methyl sites for hydroxylation is 1. The zero-order valence-corrected chi connectivity index (χ0v) is 16.7. The predicted octanol–water partition coefficient (Wildman–Crippen LogP) is 2.12. The summed E-state index contributed by atoms with van der Waals surface area (Å²) in [5.74, 6) is -1.41. The van der Waals surface area contributed by atoms with Crippen LogP contribution < -0.4 is 16.2 Å². The van der Waals surface area contributed by atoms with Gasteiger partial charge in [0.15, 0.2) is 5.82 Å². The van der Waals surface area contributed by atoms with Gasteiger partial charge in [-0.15, -0.1) is 0 Å². The van der Waals surface area contributed by atoms with Gasteiger partial charge in [-0.1, -0.05) is 0 Å². The molecule has 29 heavy (non-hydrogen) atoms. The molecule has 3 N–H and O–H groups in total. The third kappa shape index (κ3) is 3.40. The van der Waals surface area contributed by atoms with Gasteiger partial charge in [-0.05, 0) is 55.2 Å². The first kappa shape index (κ1) is 19.8. The van der Waals surface area contributed by atoms with E-state index in [0.29, 0.717) is 36.5 Å². The number of hydrogen-bond acceptors (Lipinski definition) is 5. The van der Waals surface area contributed by atoms with E-state index in [-0.39, 0.29) is 23.4 Å². The largest absolute Gasteiger partial charge is 0.477 e. The Balaban J connectivity index is 1.83. The summed E-state index contributed by atoms with van der Waals surface area (Å²) < 4.78 is 21.5. The molecular formula is C21H26FN3O4. The molecule has 2 aliphatic rings. The van der Waals surface area contributed by atoms with E-state index < -0.39 is 17.3 Å². The van der Waals surface area contributed by atoms with E-state index in [2.05, 4.69) is 0 Å². The molecule has 4 rings (SSSR count). The molecule has 2 unspecified atom stereocenters. The molecule has 156 valence electrons. The van der Waals surface area contributed by atoms with Crippen LogP contribution in [-0.4, -0.2) is 48.3 Å². The van der Waals surface area contributed by atoms with Crippen molar-refractivity contribution in [3.8, 4) is 0 Å². The van der Waals surface area contributed by atoms with Gasteiger partial charge >= 0.3 is 5.97 Å². The second-order valence-corrected chi connectivity index (χ2v) is 8.18. The van der Waals surface area contributed by atoms with Gasteiger partial charge in [-0.25, -0.2) is 9.18 Å². The van der Waals surface area contributed by atoms with Crippen LogP contribution in [0.2, 0.25) is 0 Å². The van der Waals surface area contributed by atoms with E-state index >= 15 is 4.39 Å². The molecule has 2 aromatic heterocycles. The maximum absolute atomic E-state index is 15.2. The quantitative estimate of drug-likeness (QED) is 0.767. The molecule has 1 aliphatic heterocycles. The Labute approximate surface area is 167 Å². The lowest BCUT2D eigenvalue weighted by atomic mass is 10.0. The van der Waals surface area contributed by atoms with Crippen molar-refractivity contribution in [3.63, 3.8) is 0 Å². The van der Waals surface area contributed by atoms with Crippen LogP contribution in [0.1, 0.15) is 46.7 Å². The molecule has 0 bridgehead atoms. The summed E-state index contributed by atoms with van der Waals surface area (Å²) >= 11 is 0. The van der Waals surface area contributed by atoms with E-state index in [1.54, 1.807) is 7.11 Å². The lowest BCUT2D eigenvalue weighted by Gasteiger charge is -2.25. The van der Waals surface area contributed by atoms with Crippen molar-refractivity contribution in [3.05, 3.63) is 45.1 Å². The van der Waals surface area contributed by atoms with E-state index in [1.165, 1.54) is 10.5 Å². The van der Waals surface area contributed by atoms with Crippen molar-refractivity contribution in [2.24, 2.45) is 11.7 Å². The minimum atomic E-state index is -1.29. The van der Waals surface area contributed by atoms with Crippen LogP contribution in [0, 0.1) is 18.7 Å². The fourth-order valence-corrected chi connectivity index (χ4v) is 4.56. The smallest absolute Gasteiger partial charge is 0.341 e. The summed E-state index contributed by atoms with van der Waals surface area (Å²) in [5.41, 5.74) is 7.75. The second kappa shape index (κ2) is 7.42. The van der Waals surface area contributed by atoms with E-state index in [9.17, 15) is 14.7 Å². The lowest BCUT2D eigenvalue weighted by molar-refractivity contribution is 0.0694. The van der Waals surface area contributed by atoms with E-state index in [1.807, 2.05) is 11.8 Å². The number of aromatic nitrogens is 1. The number of carbonyl (C=O) groups is 1. The molecule has 3 heterocycles. The number of methoxy groups -OCH3 is 1. The minimum absolute atomic E-state index is 0.114. The predicted molar refractivity (Wildman–Crippen MR) is 107 cm³/mol. The summed E-state index contributed by atoms with van der Waals surface area (Å²) in [7, 11) is 1.61. The van der Waals surface area contributed by atoms with Gasteiger partial charge in [-0.2, -0.15) is 0 Å². The van der Waals surface area contributed by atoms with Crippen LogP contribution in [0.25, 0.3) is 5.52 Å². The van der Waals surface area contributed by atoms with Crippen molar-refractivity contribution >= 4 is 17.2 Å². The molecule has 2 atom stereocenters. The summed E-state index contributed by atoms with van der Waals surface area (Å²) in [6, 6.07) is 1.37. The number of nitrogens with two attached hydrogens (primary N) is 1. The van der Waals surface area contributed by atoms with Crippen molar-refractivity contribution in [1.82, 2.24) is 4.40 Å². The molecule has 2 fully saturated rings. The SMILES string of the molecule is COCC(N)C1CCN(c2c(F)cn3c(=O)c(C(=O)O)cc(C4CC4)c3c2C)C1. The van der Waals surface area contributed by atoms with Crippen molar-refractivity contribution < 1.29 is 19.0 Å². The Kier molecular flexibility index (Phi) is 5.08. The number of hydrogen-bond donors (Lipinski definition) is 2. The van der Waals surface area contributed by atoms with Gasteiger partial charge in [0, 0.05) is 26.2 Å². The Bertz CT molecular complexity index is 1030. The number of anilines is 1. The summed E-state index contributed by atoms with van der Waals surface area (Å²) in [6.45, 7) is 3.56. The summed E-state index contributed by atoms with van der Waals surface area (Å²) in [4.78, 5) is 26.2. The van der Waals surface area contributed by atoms with Gasteiger partial charge in [0.05, 0.1) is 24.0 Å². The highest BCUT2D eigenvalue weighted by atomic mass is 19.1. The fourth-order valence-electron chi connectivity index (χ4n) is 4.56. The number of carboxylic acid groups (broad SMARTS) is 1. The van der Waals surface area contributed by atoms with Crippen molar-refractivity contribution in [1.29, 1.82) is 0 Å². The summed E-state index contributed by atoms with van der Waals surface area (Å²) in [5, 5.41) is 9.41. The first-order chi connectivity index (χ1) is 13.8. The molecule has 1 saturated heterocycles. The minimum Gasteiger partial charge on any atom is -0.477 e. The molecule has 8 heteroatoms. The molecular weight excluding hydrogens is 377 g/mol. The molecule has 2 aromatic rings. The number of nitrogens with zero attached hydrogens (tertiary/aromatic N) is 2. The first-order valence-corrected chi connectivity index (χ1v) is 9.94. The number of rotatable bonds is 6. The van der Waals surface area contributed by atoms with E-state index in [4.69, 9.17) is 10.5 Å². The van der Waals surface area contributed by atoms with Gasteiger partial charge in [0.25, 0.3) is 5.56 Å². The van der Waals surface area contributed by atoms with Gasteiger partial charge in [0.2, 0.25) is 0 Å². The molecule has 1 saturated carbocycles. The molecule has 1 aliphatic carbocycles. The number of aromatic carboxylic acids is 1. The Hall–Kier alpha value is -2.45. The first-order valence-electron chi connectivity index (χ1n) is 9.94. The Morgan fingerprint density at radius 2 is 2.14 bits per heavy atom. The molecule has 7 nitrogen and oxygen atoms in total. The number of halogens is 1. The standard InChI is InChI=1S/C21H26FN3O4/c1-11-18-14(12-3-4-12)7-15(21(27)28)20(26)25(18)9-16(22)19(11)24-6-5-13(8-24)17(23)10-29-2/h7,9,12-13,17H,3-6,8,10,23H2,1-2H3,(H,27,28). The van der Waals surface area contributed by atoms with Crippen LogP contribution in [0.4, 0.5) is 10.1 Å². The topological polar surface area (TPSA) is 97.3 Å². The van der Waals surface area contributed by atoms with Crippen LogP contribution in [0.3, 0.4) is 0 Å². The molecule has 0 amide bonds. The molecule has 0 aromatic carbocycles. The van der Waals surface area contributed by atoms with Crippen molar-refractivity contribution in [2.45, 2.75) is 38.1 Å². The van der Waals surface area contributed by atoms with E-state index in [0.717, 1.165) is 31.0 Å². The number of pyridine rings is 2. The number of fused-ring (bicyclic) bond motifs is 1. The van der Waals surface area contributed by atoms with Crippen molar-refractivity contribution in [2.75, 3.05) is 31.7 Å². The Morgan fingerprint density at radius 3 is 2.76 bits per heavy atom. The zero-order valence-electron chi connectivity index (χ0n) is 16.7. The Morgan fingerprint density at radius 1 is 1.41 bits per heavy atom. The summed E-state index contributed by atoms with van der Waals surface area (Å²) in [6.07, 6.45) is 3.86. The highest BCUT2D eigenvalue weighted by Gasteiger charge is 2.33. The normalized spacial score (nSPS) is 20.4. The third-order valence-corrected chi connectivity index (χ3v) is 6.20. The fraction of sp³-hybridized carbons (Fsp3) is 0.524. The lowest BCUT2D eigenvalue weighted by Crippen LogP contribution is -2.36. The molecule has 0 spiro atoms. The maximum Gasteiger partial charge on any atom is 0.341 e. The third-order valence-electron chi connectivity index (χ3n) is 6.20. The average Bonchev–Trinajstić information content (AvgIpc) is 3.40. The average molecular weight is 403 g/mol. The van der Waals surface area contributed by atoms with Gasteiger partial charge in [-0.3, -0.25) is 9.20 Å². The van der Waals surface area contributed by atoms with Crippen LogP contribution in [0.15, 0.2) is 17.1 Å². The van der Waals surface area contributed by atoms with Crippen LogP contribution in [-0.2, 0) is 4.74 Å². The highest BCUT2D eigenvalue weighted by Crippen LogP contribution is 2.44. The maximum atomic E-state index is 15.2. The second-order valence-electron chi connectivity index (χ2n) is 8.18. The monoisotopic (exact) mass is 403 g/mol. The highest BCUT2D eigenvalue weighted by molar-refractivity contribution is 5.89. The number of ether oxygens (including phenoxy) is 1. The zero-order chi connectivity index (χ0) is 20.9. The number of carboxylic acids is 1.